The largest absolute Gasteiger partial charge is 0.393 e. The second-order valence-electron chi connectivity index (χ2n) is 6.32. The molecule has 0 rings (SSSR count). The Morgan fingerprint density at radius 2 is 1.71 bits per heavy atom. The van der Waals surface area contributed by atoms with Crippen LogP contribution in [0.25, 0.3) is 0 Å². The van der Waals surface area contributed by atoms with Gasteiger partial charge in [0.2, 0.25) is 5.91 Å². The summed E-state index contributed by atoms with van der Waals surface area (Å²) >= 11 is 0. The van der Waals surface area contributed by atoms with E-state index in [0.717, 1.165) is 19.3 Å². The molecule has 0 saturated heterocycles. The Balaban J connectivity index is 5.17. The molecule has 0 spiro atoms. The number of carbonyl (C=O) groups excluding carboxylic acids is 1. The monoisotopic (exact) mass is 243 g/mol. The van der Waals surface area contributed by atoms with Crippen molar-refractivity contribution in [2.24, 2.45) is 22.5 Å². The minimum absolute atomic E-state index is 0.160. The summed E-state index contributed by atoms with van der Waals surface area (Å²) in [5.41, 5.74) is 5.38. The molecule has 0 aromatic carbocycles. The van der Waals surface area contributed by atoms with Crippen molar-refractivity contribution >= 4 is 5.91 Å². The van der Waals surface area contributed by atoms with Gasteiger partial charge in [0.1, 0.15) is 0 Å². The Bertz CT molecular complexity index is 261. The maximum absolute atomic E-state index is 11.6. The first-order chi connectivity index (χ1) is 7.59. The van der Waals surface area contributed by atoms with Gasteiger partial charge in [-0.05, 0) is 30.6 Å². The van der Waals surface area contributed by atoms with Gasteiger partial charge >= 0.3 is 0 Å². The van der Waals surface area contributed by atoms with Crippen LogP contribution in [0.2, 0.25) is 0 Å². The van der Waals surface area contributed by atoms with E-state index >= 15 is 0 Å². The Labute approximate surface area is 106 Å². The Hall–Kier alpha value is -0.570. The van der Waals surface area contributed by atoms with Crippen LogP contribution in [0.1, 0.15) is 60.8 Å². The fourth-order valence-corrected chi connectivity index (χ4v) is 2.84. The zero-order valence-electron chi connectivity index (χ0n) is 12.2. The van der Waals surface area contributed by atoms with Gasteiger partial charge in [-0.25, -0.2) is 0 Å². The van der Waals surface area contributed by atoms with Crippen LogP contribution in [0.3, 0.4) is 0 Å². The molecule has 0 bridgehead atoms. The van der Waals surface area contributed by atoms with Gasteiger partial charge in [0.25, 0.3) is 0 Å². The minimum Gasteiger partial charge on any atom is -0.393 e. The average molecular weight is 243 g/mol. The van der Waals surface area contributed by atoms with E-state index in [-0.39, 0.29) is 10.8 Å². The van der Waals surface area contributed by atoms with Gasteiger partial charge in [-0.15, -0.1) is 0 Å². The zero-order chi connectivity index (χ0) is 13.9. The standard InChI is InChI=1S/C14H29NO2/c1-7-13(4,5)9-14(6,8-2)11(10(3)16)12(15)17/h10-11,16H,7-9H2,1-6H3,(H2,15,17)/t10-,11-,14?/m1/s1. The van der Waals surface area contributed by atoms with Crippen LogP contribution in [-0.2, 0) is 4.79 Å². The minimum atomic E-state index is -0.690. The summed E-state index contributed by atoms with van der Waals surface area (Å²) in [7, 11) is 0. The van der Waals surface area contributed by atoms with Crippen molar-refractivity contribution in [2.75, 3.05) is 0 Å². The van der Waals surface area contributed by atoms with E-state index in [1.165, 1.54) is 0 Å². The van der Waals surface area contributed by atoms with Crippen LogP contribution >= 0.6 is 0 Å². The summed E-state index contributed by atoms with van der Waals surface area (Å²) in [6.07, 6.45) is 2.10. The summed E-state index contributed by atoms with van der Waals surface area (Å²) < 4.78 is 0. The van der Waals surface area contributed by atoms with Crippen molar-refractivity contribution in [1.29, 1.82) is 0 Å². The summed E-state index contributed by atoms with van der Waals surface area (Å²) in [5.74, 6) is -0.866. The topological polar surface area (TPSA) is 63.3 Å². The van der Waals surface area contributed by atoms with Crippen LogP contribution in [-0.4, -0.2) is 17.1 Å². The molecule has 0 aliphatic carbocycles. The van der Waals surface area contributed by atoms with Crippen molar-refractivity contribution in [3.63, 3.8) is 0 Å². The molecular formula is C14H29NO2. The van der Waals surface area contributed by atoms with E-state index < -0.39 is 17.9 Å². The van der Waals surface area contributed by atoms with E-state index in [2.05, 4.69) is 34.6 Å². The number of aliphatic hydroxyl groups excluding tert-OH is 1. The number of hydrogen-bond donors (Lipinski definition) is 2. The second-order valence-corrected chi connectivity index (χ2v) is 6.32. The van der Waals surface area contributed by atoms with E-state index in [1.54, 1.807) is 6.92 Å². The van der Waals surface area contributed by atoms with Gasteiger partial charge in [0.05, 0.1) is 12.0 Å². The molecule has 0 aliphatic heterocycles. The summed E-state index contributed by atoms with van der Waals surface area (Å²) in [6, 6.07) is 0. The fourth-order valence-electron chi connectivity index (χ4n) is 2.84. The van der Waals surface area contributed by atoms with Crippen molar-refractivity contribution in [3.05, 3.63) is 0 Å². The molecule has 0 saturated carbocycles. The van der Waals surface area contributed by atoms with E-state index in [4.69, 9.17) is 5.73 Å². The SMILES string of the molecule is CCC(C)(C)CC(C)(CC)[C@@H](C(N)=O)[C@@H](C)O. The molecule has 3 atom stereocenters. The first-order valence-electron chi connectivity index (χ1n) is 6.57. The highest BCUT2D eigenvalue weighted by atomic mass is 16.3. The van der Waals surface area contributed by atoms with Crippen LogP contribution in [0, 0.1) is 16.7 Å². The third-order valence-electron chi connectivity index (χ3n) is 4.19. The third-order valence-corrected chi connectivity index (χ3v) is 4.19. The number of amides is 1. The molecule has 3 heteroatoms. The Morgan fingerprint density at radius 3 is 1.94 bits per heavy atom. The molecule has 1 unspecified atom stereocenters. The molecule has 0 fully saturated rings. The van der Waals surface area contributed by atoms with E-state index in [1.807, 2.05) is 0 Å². The van der Waals surface area contributed by atoms with Gasteiger partial charge < -0.3 is 10.8 Å². The lowest BCUT2D eigenvalue weighted by molar-refractivity contribution is -0.132. The maximum atomic E-state index is 11.6. The maximum Gasteiger partial charge on any atom is 0.223 e. The third kappa shape index (κ3) is 4.30. The molecule has 0 radical (unpaired) electrons. The number of primary amides is 1. The molecular weight excluding hydrogens is 214 g/mol. The zero-order valence-corrected chi connectivity index (χ0v) is 12.2. The van der Waals surface area contributed by atoms with E-state index in [9.17, 15) is 9.90 Å². The smallest absolute Gasteiger partial charge is 0.223 e. The van der Waals surface area contributed by atoms with Crippen LogP contribution < -0.4 is 5.73 Å². The van der Waals surface area contributed by atoms with Crippen LogP contribution in [0.15, 0.2) is 0 Å². The highest BCUT2D eigenvalue weighted by Crippen LogP contribution is 2.44. The van der Waals surface area contributed by atoms with Crippen LogP contribution in [0.4, 0.5) is 0 Å². The summed E-state index contributed by atoms with van der Waals surface area (Å²) in [4.78, 5) is 11.6. The Morgan fingerprint density at radius 1 is 1.24 bits per heavy atom. The molecule has 0 aromatic heterocycles. The number of rotatable bonds is 7. The molecule has 3 nitrogen and oxygen atoms in total. The number of hydrogen-bond acceptors (Lipinski definition) is 2. The van der Waals surface area contributed by atoms with Gasteiger partial charge in [-0.3, -0.25) is 4.79 Å². The molecule has 0 heterocycles. The van der Waals surface area contributed by atoms with Gasteiger partial charge in [-0.1, -0.05) is 41.0 Å². The van der Waals surface area contributed by atoms with E-state index in [0.29, 0.717) is 0 Å². The number of nitrogens with two attached hydrogens (primary N) is 1. The lowest BCUT2D eigenvalue weighted by Gasteiger charge is -2.42. The molecule has 3 N–H and O–H groups in total. The highest BCUT2D eigenvalue weighted by molar-refractivity contribution is 5.78. The predicted octanol–water partition coefficient (Wildman–Crippen LogP) is 2.71. The Kier molecular flexibility index (Phi) is 5.66. The first-order valence-corrected chi connectivity index (χ1v) is 6.57. The average Bonchev–Trinajstić information content (AvgIpc) is 2.15. The van der Waals surface area contributed by atoms with Crippen molar-refractivity contribution in [3.8, 4) is 0 Å². The molecule has 0 aromatic rings. The summed E-state index contributed by atoms with van der Waals surface area (Å²) in [6.45, 7) is 12.3. The van der Waals surface area contributed by atoms with Crippen molar-refractivity contribution < 1.29 is 9.90 Å². The van der Waals surface area contributed by atoms with Gasteiger partial charge in [0.15, 0.2) is 0 Å². The lowest BCUT2D eigenvalue weighted by Crippen LogP contribution is -2.45. The van der Waals surface area contributed by atoms with Gasteiger partial charge in [-0.2, -0.15) is 0 Å². The normalized spacial score (nSPS) is 19.5. The summed E-state index contributed by atoms with van der Waals surface area (Å²) in [5, 5.41) is 9.82. The van der Waals surface area contributed by atoms with Gasteiger partial charge in [0, 0.05) is 0 Å². The highest BCUT2D eigenvalue weighted by Gasteiger charge is 2.42. The molecule has 1 amide bonds. The molecule has 17 heavy (non-hydrogen) atoms. The second kappa shape index (κ2) is 5.85. The first kappa shape index (κ1) is 16.4. The van der Waals surface area contributed by atoms with Crippen molar-refractivity contribution in [2.45, 2.75) is 66.9 Å². The molecule has 102 valence electrons. The number of aliphatic hydroxyl groups is 1. The fraction of sp³-hybridized carbons (Fsp3) is 0.929. The predicted molar refractivity (Wildman–Crippen MR) is 71.5 cm³/mol. The van der Waals surface area contributed by atoms with Crippen molar-refractivity contribution in [1.82, 2.24) is 0 Å². The molecule has 0 aliphatic rings. The number of carbonyl (C=O) groups is 1. The quantitative estimate of drug-likeness (QED) is 0.722. The lowest BCUT2D eigenvalue weighted by atomic mass is 9.63. The van der Waals surface area contributed by atoms with Crippen LogP contribution in [0.5, 0.6) is 0 Å².